The molecule has 20 heavy (non-hydrogen) atoms. The summed E-state index contributed by atoms with van der Waals surface area (Å²) in [4.78, 5) is 21.7. The Bertz CT molecular complexity index is 548. The number of piperazine rings is 1. The van der Waals surface area contributed by atoms with Crippen molar-refractivity contribution in [3.8, 4) is 0 Å². The smallest absolute Gasteiger partial charge is 0.227 e. The number of nitrogens with zero attached hydrogens (tertiary/aromatic N) is 3. The fourth-order valence-electron chi connectivity index (χ4n) is 2.44. The molecule has 104 valence electrons. The van der Waals surface area contributed by atoms with Gasteiger partial charge in [0.1, 0.15) is 0 Å². The van der Waals surface area contributed by atoms with Gasteiger partial charge in [0.15, 0.2) is 0 Å². The fraction of sp³-hybridized carbons (Fsp3) is 0.333. The number of hydrogen-bond acceptors (Lipinski definition) is 4. The van der Waals surface area contributed by atoms with Crippen molar-refractivity contribution >= 4 is 22.9 Å². The van der Waals surface area contributed by atoms with Gasteiger partial charge < -0.3 is 9.80 Å². The van der Waals surface area contributed by atoms with Crippen molar-refractivity contribution in [2.24, 2.45) is 0 Å². The molecule has 1 amide bonds. The first-order chi connectivity index (χ1) is 9.83. The number of anilines is 1. The van der Waals surface area contributed by atoms with E-state index < -0.39 is 0 Å². The van der Waals surface area contributed by atoms with Crippen LogP contribution < -0.4 is 4.90 Å². The highest BCUT2D eigenvalue weighted by atomic mass is 32.1. The second-order valence-electron chi connectivity index (χ2n) is 4.83. The summed E-state index contributed by atoms with van der Waals surface area (Å²) in [5.41, 5.74) is 1.19. The molecule has 0 spiro atoms. The molecule has 0 aromatic carbocycles. The Kier molecular flexibility index (Phi) is 3.97. The molecule has 0 radical (unpaired) electrons. The van der Waals surface area contributed by atoms with Gasteiger partial charge in [-0.15, -0.1) is 11.3 Å². The third-order valence-electron chi connectivity index (χ3n) is 3.57. The highest BCUT2D eigenvalue weighted by molar-refractivity contribution is 7.10. The lowest BCUT2D eigenvalue weighted by Gasteiger charge is -2.36. The van der Waals surface area contributed by atoms with Gasteiger partial charge in [-0.25, -0.2) is 0 Å². The van der Waals surface area contributed by atoms with E-state index >= 15 is 0 Å². The van der Waals surface area contributed by atoms with Gasteiger partial charge in [0.25, 0.3) is 0 Å². The molecule has 4 nitrogen and oxygen atoms in total. The van der Waals surface area contributed by atoms with Crippen molar-refractivity contribution in [3.05, 3.63) is 46.9 Å². The minimum Gasteiger partial charge on any atom is -0.368 e. The Balaban J connectivity index is 1.54. The van der Waals surface area contributed by atoms with E-state index in [-0.39, 0.29) is 5.91 Å². The summed E-state index contributed by atoms with van der Waals surface area (Å²) >= 11 is 1.65. The first-order valence-corrected chi connectivity index (χ1v) is 7.66. The third kappa shape index (κ3) is 2.99. The van der Waals surface area contributed by atoms with Crippen LogP contribution in [0.2, 0.25) is 0 Å². The molecule has 1 fully saturated rings. The van der Waals surface area contributed by atoms with Crippen molar-refractivity contribution in [1.82, 2.24) is 9.88 Å². The molecule has 3 heterocycles. The highest BCUT2D eigenvalue weighted by Crippen LogP contribution is 2.16. The van der Waals surface area contributed by atoms with E-state index in [1.54, 1.807) is 11.3 Å². The quantitative estimate of drug-likeness (QED) is 0.867. The second kappa shape index (κ2) is 6.05. The number of carbonyl (C=O) groups is 1. The van der Waals surface area contributed by atoms with Gasteiger partial charge in [0.2, 0.25) is 5.91 Å². The number of amides is 1. The minimum atomic E-state index is 0.238. The summed E-state index contributed by atoms with van der Waals surface area (Å²) in [6, 6.07) is 8.05. The number of carbonyl (C=O) groups excluding carboxylic acids is 1. The standard InChI is InChI=1S/C15H17N3OS/c19-15(12-14-2-1-11-20-14)18-9-7-17(8-10-18)13-3-5-16-6-4-13/h1-6,11H,7-10,12H2. The molecule has 3 rings (SSSR count). The van der Waals surface area contributed by atoms with Crippen molar-refractivity contribution in [2.75, 3.05) is 31.1 Å². The molecule has 0 unspecified atom stereocenters. The Labute approximate surface area is 122 Å². The van der Waals surface area contributed by atoms with Gasteiger partial charge in [-0.3, -0.25) is 9.78 Å². The van der Waals surface area contributed by atoms with Crippen molar-refractivity contribution < 1.29 is 4.79 Å². The molecule has 5 heteroatoms. The molecule has 0 N–H and O–H groups in total. The van der Waals surface area contributed by atoms with Crippen LogP contribution in [-0.2, 0) is 11.2 Å². The topological polar surface area (TPSA) is 36.4 Å². The van der Waals surface area contributed by atoms with Crippen molar-refractivity contribution in [1.29, 1.82) is 0 Å². The zero-order valence-electron chi connectivity index (χ0n) is 11.2. The van der Waals surface area contributed by atoms with E-state index in [1.165, 1.54) is 5.69 Å². The molecule has 2 aromatic rings. The minimum absolute atomic E-state index is 0.238. The molecule has 0 bridgehead atoms. The van der Waals surface area contributed by atoms with Crippen molar-refractivity contribution in [2.45, 2.75) is 6.42 Å². The zero-order chi connectivity index (χ0) is 13.8. The van der Waals surface area contributed by atoms with Crippen LogP contribution in [0.3, 0.4) is 0 Å². The molecular weight excluding hydrogens is 270 g/mol. The molecule has 0 atom stereocenters. The molecule has 2 aromatic heterocycles. The summed E-state index contributed by atoms with van der Waals surface area (Å²) in [7, 11) is 0. The molecule has 1 aliphatic rings. The molecule has 1 aliphatic heterocycles. The maximum atomic E-state index is 12.2. The lowest BCUT2D eigenvalue weighted by molar-refractivity contribution is -0.130. The lowest BCUT2D eigenvalue weighted by atomic mass is 10.2. The highest BCUT2D eigenvalue weighted by Gasteiger charge is 2.21. The first kappa shape index (κ1) is 13.1. The van der Waals surface area contributed by atoms with Crippen LogP contribution in [0.5, 0.6) is 0 Å². The summed E-state index contributed by atoms with van der Waals surface area (Å²) in [6.07, 6.45) is 4.15. The second-order valence-corrected chi connectivity index (χ2v) is 5.86. The number of hydrogen-bond donors (Lipinski definition) is 0. The SMILES string of the molecule is O=C(Cc1cccs1)N1CCN(c2ccncc2)CC1. The van der Waals surface area contributed by atoms with Gasteiger partial charge in [0.05, 0.1) is 6.42 Å². The van der Waals surface area contributed by atoms with Crippen molar-refractivity contribution in [3.63, 3.8) is 0 Å². The van der Waals surface area contributed by atoms with Gasteiger partial charge in [-0.1, -0.05) is 6.07 Å². The average Bonchev–Trinajstić information content (AvgIpc) is 3.01. The summed E-state index contributed by atoms with van der Waals surface area (Å²) in [5, 5.41) is 2.02. The molecular formula is C15H17N3OS. The van der Waals surface area contributed by atoms with Crippen LogP contribution in [0, 0.1) is 0 Å². The normalized spacial score (nSPS) is 15.4. The Morgan fingerprint density at radius 2 is 1.90 bits per heavy atom. The lowest BCUT2D eigenvalue weighted by Crippen LogP contribution is -2.49. The maximum absolute atomic E-state index is 12.2. The molecule has 1 saturated heterocycles. The summed E-state index contributed by atoms with van der Waals surface area (Å²) in [6.45, 7) is 3.37. The van der Waals surface area contributed by atoms with E-state index in [2.05, 4.69) is 9.88 Å². The number of thiophene rings is 1. The molecule has 0 aliphatic carbocycles. The van der Waals surface area contributed by atoms with Crippen LogP contribution in [0.15, 0.2) is 42.0 Å². The summed E-state index contributed by atoms with van der Waals surface area (Å²) < 4.78 is 0. The number of aromatic nitrogens is 1. The van der Waals surface area contributed by atoms with E-state index in [1.807, 2.05) is 46.9 Å². The van der Waals surface area contributed by atoms with E-state index in [4.69, 9.17) is 0 Å². The predicted octanol–water partition coefficient (Wildman–Crippen LogP) is 2.03. The Hall–Kier alpha value is -1.88. The Morgan fingerprint density at radius 3 is 2.55 bits per heavy atom. The van der Waals surface area contributed by atoms with Gasteiger partial charge in [0, 0.05) is 49.1 Å². The van der Waals surface area contributed by atoms with Gasteiger partial charge in [-0.2, -0.15) is 0 Å². The molecule has 0 saturated carbocycles. The van der Waals surface area contributed by atoms with Crippen LogP contribution in [0.4, 0.5) is 5.69 Å². The number of rotatable bonds is 3. The van der Waals surface area contributed by atoms with Crippen LogP contribution in [0.25, 0.3) is 0 Å². The first-order valence-electron chi connectivity index (χ1n) is 6.78. The predicted molar refractivity (Wildman–Crippen MR) is 81.1 cm³/mol. The van der Waals surface area contributed by atoms with E-state index in [0.717, 1.165) is 31.1 Å². The monoisotopic (exact) mass is 287 g/mol. The fourth-order valence-corrected chi connectivity index (χ4v) is 3.14. The van der Waals surface area contributed by atoms with E-state index in [0.29, 0.717) is 6.42 Å². The van der Waals surface area contributed by atoms with Gasteiger partial charge >= 0.3 is 0 Å². The van der Waals surface area contributed by atoms with Crippen LogP contribution in [0.1, 0.15) is 4.88 Å². The zero-order valence-corrected chi connectivity index (χ0v) is 12.1. The Morgan fingerprint density at radius 1 is 1.15 bits per heavy atom. The van der Waals surface area contributed by atoms with Gasteiger partial charge in [-0.05, 0) is 23.6 Å². The van der Waals surface area contributed by atoms with Crippen LogP contribution >= 0.6 is 11.3 Å². The average molecular weight is 287 g/mol. The third-order valence-corrected chi connectivity index (χ3v) is 4.44. The van der Waals surface area contributed by atoms with Crippen LogP contribution in [-0.4, -0.2) is 42.0 Å². The summed E-state index contributed by atoms with van der Waals surface area (Å²) in [5.74, 6) is 0.238. The maximum Gasteiger partial charge on any atom is 0.227 e. The number of pyridine rings is 1. The van der Waals surface area contributed by atoms with E-state index in [9.17, 15) is 4.79 Å². The largest absolute Gasteiger partial charge is 0.368 e.